The number of piperidine rings is 1. The second kappa shape index (κ2) is 4.91. The van der Waals surface area contributed by atoms with Crippen LogP contribution in [0.4, 0.5) is 0 Å². The Kier molecular flexibility index (Phi) is 3.35. The lowest BCUT2D eigenvalue weighted by molar-refractivity contribution is 0.278. The number of hydrogen-bond acceptors (Lipinski definition) is 3. The number of hydrogen-bond donors (Lipinski definition) is 1. The smallest absolute Gasteiger partial charge is 0.306 e. The summed E-state index contributed by atoms with van der Waals surface area (Å²) in [6, 6.07) is 7.48. The molecule has 0 unspecified atom stereocenters. The molecular weight excluding hydrogens is 302 g/mol. The van der Waals surface area contributed by atoms with Crippen molar-refractivity contribution in [2.75, 3.05) is 13.1 Å². The predicted molar refractivity (Wildman–Crippen MR) is 77.2 cm³/mol. The molecule has 1 aromatic carbocycles. The monoisotopic (exact) mass is 315 g/mol. The molecule has 0 aliphatic carbocycles. The van der Waals surface area contributed by atoms with Crippen molar-refractivity contribution in [2.45, 2.75) is 18.9 Å². The Labute approximate surface area is 120 Å². The Balaban J connectivity index is 1.91. The summed E-state index contributed by atoms with van der Waals surface area (Å²) in [6.45, 7) is 0.672. The zero-order valence-electron chi connectivity index (χ0n) is 10.6. The molecular formula is C12H14ClN3O3S. The number of aromatic amines is 1. The summed E-state index contributed by atoms with van der Waals surface area (Å²) in [7, 11) is 1.67. The van der Waals surface area contributed by atoms with E-state index in [9.17, 15) is 13.2 Å². The van der Waals surface area contributed by atoms with Gasteiger partial charge in [-0.2, -0.15) is 12.7 Å². The molecule has 1 aliphatic heterocycles. The molecule has 20 heavy (non-hydrogen) atoms. The largest absolute Gasteiger partial charge is 0.326 e. The topological polar surface area (TPSA) is 75.2 Å². The first-order valence-electron chi connectivity index (χ1n) is 6.36. The van der Waals surface area contributed by atoms with Crippen LogP contribution in [0.25, 0.3) is 11.0 Å². The van der Waals surface area contributed by atoms with E-state index in [1.807, 2.05) is 24.3 Å². The van der Waals surface area contributed by atoms with Crippen LogP contribution in [0, 0.1) is 0 Å². The van der Waals surface area contributed by atoms with Gasteiger partial charge in [0, 0.05) is 29.8 Å². The van der Waals surface area contributed by atoms with Crippen LogP contribution in [0.5, 0.6) is 0 Å². The molecule has 1 N–H and O–H groups in total. The first-order valence-corrected chi connectivity index (χ1v) is 8.62. The maximum atomic E-state index is 12.1. The van der Waals surface area contributed by atoms with Crippen molar-refractivity contribution in [3.8, 4) is 0 Å². The van der Waals surface area contributed by atoms with Gasteiger partial charge in [-0.05, 0) is 25.0 Å². The molecule has 1 aromatic heterocycles. The minimum Gasteiger partial charge on any atom is -0.306 e. The van der Waals surface area contributed by atoms with Crippen molar-refractivity contribution in [3.63, 3.8) is 0 Å². The quantitative estimate of drug-likeness (QED) is 0.852. The molecule has 0 saturated carbocycles. The van der Waals surface area contributed by atoms with Crippen LogP contribution in [-0.4, -0.2) is 35.4 Å². The Morgan fingerprint density at radius 2 is 1.85 bits per heavy atom. The van der Waals surface area contributed by atoms with Gasteiger partial charge in [0.25, 0.3) is 9.24 Å². The van der Waals surface area contributed by atoms with Crippen LogP contribution in [0.1, 0.15) is 18.9 Å². The van der Waals surface area contributed by atoms with E-state index in [4.69, 9.17) is 10.7 Å². The maximum absolute atomic E-state index is 12.1. The van der Waals surface area contributed by atoms with Gasteiger partial charge in [0.1, 0.15) is 0 Å². The lowest BCUT2D eigenvalue weighted by atomic mass is 10.1. The number of halogens is 1. The van der Waals surface area contributed by atoms with Crippen LogP contribution in [0.2, 0.25) is 0 Å². The molecule has 1 saturated heterocycles. The SMILES string of the molecule is O=c1[nH]c2ccccc2n1C1CCN(S(=O)(=O)Cl)CC1. The second-order valence-electron chi connectivity index (χ2n) is 4.89. The van der Waals surface area contributed by atoms with Gasteiger partial charge in [0.15, 0.2) is 0 Å². The Hall–Kier alpha value is -1.31. The van der Waals surface area contributed by atoms with Crippen molar-refractivity contribution >= 4 is 31.0 Å². The van der Waals surface area contributed by atoms with E-state index in [1.165, 1.54) is 4.31 Å². The van der Waals surface area contributed by atoms with Crippen molar-refractivity contribution in [1.29, 1.82) is 0 Å². The van der Waals surface area contributed by atoms with Crippen molar-refractivity contribution < 1.29 is 8.42 Å². The number of benzene rings is 1. The fourth-order valence-electron chi connectivity index (χ4n) is 2.76. The van der Waals surface area contributed by atoms with Gasteiger partial charge >= 0.3 is 5.69 Å². The van der Waals surface area contributed by atoms with Gasteiger partial charge in [0.05, 0.1) is 11.0 Å². The normalized spacial score (nSPS) is 18.6. The lowest BCUT2D eigenvalue weighted by Gasteiger charge is -2.29. The van der Waals surface area contributed by atoms with Crippen LogP contribution < -0.4 is 5.69 Å². The van der Waals surface area contributed by atoms with Gasteiger partial charge in [-0.15, -0.1) is 0 Å². The van der Waals surface area contributed by atoms with Crippen molar-refractivity contribution in [3.05, 3.63) is 34.7 Å². The number of nitrogens with one attached hydrogen (secondary N) is 1. The van der Waals surface area contributed by atoms with Gasteiger partial charge in [-0.3, -0.25) is 4.57 Å². The molecule has 108 valence electrons. The molecule has 0 radical (unpaired) electrons. The summed E-state index contributed by atoms with van der Waals surface area (Å²) < 4.78 is 25.5. The van der Waals surface area contributed by atoms with E-state index < -0.39 is 9.24 Å². The summed E-state index contributed by atoms with van der Waals surface area (Å²) in [4.78, 5) is 14.9. The zero-order chi connectivity index (χ0) is 14.3. The van der Waals surface area contributed by atoms with Crippen molar-refractivity contribution in [2.24, 2.45) is 0 Å². The Bertz CT molecular complexity index is 788. The summed E-state index contributed by atoms with van der Waals surface area (Å²) in [5.74, 6) is 0. The number of H-pyrrole nitrogens is 1. The molecule has 6 nitrogen and oxygen atoms in total. The highest BCUT2D eigenvalue weighted by molar-refractivity contribution is 8.11. The van der Waals surface area contributed by atoms with Crippen molar-refractivity contribution in [1.82, 2.24) is 13.9 Å². The minimum atomic E-state index is -3.66. The number of rotatable bonds is 2. The first-order chi connectivity index (χ1) is 9.47. The number of fused-ring (bicyclic) bond motifs is 1. The van der Waals surface area contributed by atoms with E-state index in [-0.39, 0.29) is 11.7 Å². The summed E-state index contributed by atoms with van der Waals surface area (Å²) in [5, 5.41) is 0. The van der Waals surface area contributed by atoms with E-state index in [0.29, 0.717) is 25.9 Å². The van der Waals surface area contributed by atoms with Gasteiger partial charge in [0.2, 0.25) is 0 Å². The second-order valence-corrected chi connectivity index (χ2v) is 7.40. The summed E-state index contributed by atoms with van der Waals surface area (Å²) >= 11 is 0. The third kappa shape index (κ3) is 2.36. The van der Waals surface area contributed by atoms with Crippen LogP contribution >= 0.6 is 10.7 Å². The fraction of sp³-hybridized carbons (Fsp3) is 0.417. The molecule has 0 amide bonds. The molecule has 0 atom stereocenters. The van der Waals surface area contributed by atoms with E-state index in [0.717, 1.165) is 11.0 Å². The molecule has 8 heteroatoms. The fourth-order valence-corrected chi connectivity index (χ4v) is 3.82. The molecule has 2 aromatic rings. The molecule has 2 heterocycles. The molecule has 1 fully saturated rings. The number of para-hydroxylation sites is 2. The highest BCUT2D eigenvalue weighted by Gasteiger charge is 2.28. The number of imidazole rings is 1. The standard InChI is InChI=1S/C12H14ClN3O3S/c13-20(18,19)15-7-5-9(6-8-15)16-11-4-2-1-3-10(11)14-12(16)17/h1-4,9H,5-8H2,(H,14,17). The van der Waals surface area contributed by atoms with Gasteiger partial charge in [-0.1, -0.05) is 12.1 Å². The Morgan fingerprint density at radius 1 is 1.20 bits per heavy atom. The first kappa shape index (κ1) is 13.7. The van der Waals surface area contributed by atoms with Gasteiger partial charge < -0.3 is 4.98 Å². The van der Waals surface area contributed by atoms with E-state index in [1.54, 1.807) is 4.57 Å². The van der Waals surface area contributed by atoms with Crippen LogP contribution in [-0.2, 0) is 9.24 Å². The predicted octanol–water partition coefficient (Wildman–Crippen LogP) is 1.45. The average molecular weight is 316 g/mol. The molecule has 0 bridgehead atoms. The van der Waals surface area contributed by atoms with Crippen LogP contribution in [0.15, 0.2) is 29.1 Å². The number of aromatic nitrogens is 2. The maximum Gasteiger partial charge on any atom is 0.326 e. The third-order valence-corrected chi connectivity index (χ3v) is 5.29. The Morgan fingerprint density at radius 3 is 2.50 bits per heavy atom. The zero-order valence-corrected chi connectivity index (χ0v) is 12.2. The van der Waals surface area contributed by atoms with Gasteiger partial charge in [-0.25, -0.2) is 4.79 Å². The molecule has 3 rings (SSSR count). The average Bonchev–Trinajstić information content (AvgIpc) is 2.73. The van der Waals surface area contributed by atoms with E-state index >= 15 is 0 Å². The highest BCUT2D eigenvalue weighted by Crippen LogP contribution is 2.26. The summed E-state index contributed by atoms with van der Waals surface area (Å²) in [6.07, 6.45) is 1.15. The lowest BCUT2D eigenvalue weighted by Crippen LogP contribution is -2.38. The number of nitrogens with zero attached hydrogens (tertiary/aromatic N) is 2. The van der Waals surface area contributed by atoms with Crippen LogP contribution in [0.3, 0.4) is 0 Å². The van der Waals surface area contributed by atoms with E-state index in [2.05, 4.69) is 4.98 Å². The third-order valence-electron chi connectivity index (χ3n) is 3.72. The summed E-state index contributed by atoms with van der Waals surface area (Å²) in [5.41, 5.74) is 1.49. The molecule has 1 aliphatic rings. The minimum absolute atomic E-state index is 0.00619. The highest BCUT2D eigenvalue weighted by atomic mass is 35.7. The molecule has 0 spiro atoms.